The molecule has 1 aromatic heterocycles. The van der Waals surface area contributed by atoms with Gasteiger partial charge in [-0.1, -0.05) is 27.2 Å². The topological polar surface area (TPSA) is 58.1 Å². The Morgan fingerprint density at radius 2 is 1.80 bits per heavy atom. The lowest BCUT2D eigenvalue weighted by molar-refractivity contribution is 0.0748. The van der Waals surface area contributed by atoms with E-state index in [1.165, 1.54) is 0 Å². The van der Waals surface area contributed by atoms with Crippen molar-refractivity contribution in [2.45, 2.75) is 46.5 Å². The Balaban J connectivity index is 2.63. The van der Waals surface area contributed by atoms with Gasteiger partial charge in [-0.15, -0.1) is 10.2 Å². The summed E-state index contributed by atoms with van der Waals surface area (Å²) in [5, 5.41) is 11.3. The second kappa shape index (κ2) is 9.28. The van der Waals surface area contributed by atoms with Crippen LogP contribution in [-0.2, 0) is 0 Å². The van der Waals surface area contributed by atoms with Gasteiger partial charge in [0.05, 0.1) is 0 Å². The number of aromatic nitrogens is 2. The van der Waals surface area contributed by atoms with Crippen LogP contribution in [0.4, 0.5) is 5.82 Å². The fourth-order valence-electron chi connectivity index (χ4n) is 1.95. The molecule has 5 nitrogen and oxygen atoms in total. The molecule has 0 radical (unpaired) electrons. The Kier molecular flexibility index (Phi) is 7.62. The molecule has 0 aliphatic carbocycles. The van der Waals surface area contributed by atoms with Crippen molar-refractivity contribution in [2.75, 3.05) is 25.0 Å². The fraction of sp³-hybridized carbons (Fsp3) is 0.667. The summed E-state index contributed by atoms with van der Waals surface area (Å²) in [5.41, 5.74) is 0.424. The number of carbonyl (C=O) groups is 1. The van der Waals surface area contributed by atoms with E-state index in [0.717, 1.165) is 51.1 Å². The Hall–Kier alpha value is -1.65. The lowest BCUT2D eigenvalue weighted by Crippen LogP contribution is -2.33. The summed E-state index contributed by atoms with van der Waals surface area (Å²) in [6.07, 6.45) is 4.15. The van der Waals surface area contributed by atoms with Gasteiger partial charge in [-0.3, -0.25) is 4.79 Å². The second-order valence-corrected chi connectivity index (χ2v) is 4.88. The highest BCUT2D eigenvalue weighted by Gasteiger charge is 2.15. The summed E-state index contributed by atoms with van der Waals surface area (Å²) >= 11 is 0. The van der Waals surface area contributed by atoms with E-state index in [2.05, 4.69) is 36.3 Å². The third-order valence-corrected chi connectivity index (χ3v) is 2.99. The van der Waals surface area contributed by atoms with Gasteiger partial charge in [-0.25, -0.2) is 0 Å². The first-order chi connectivity index (χ1) is 9.72. The van der Waals surface area contributed by atoms with E-state index >= 15 is 0 Å². The molecule has 0 bridgehead atoms. The van der Waals surface area contributed by atoms with Gasteiger partial charge in [0.15, 0.2) is 5.69 Å². The lowest BCUT2D eigenvalue weighted by Gasteiger charge is -2.20. The van der Waals surface area contributed by atoms with Gasteiger partial charge >= 0.3 is 0 Å². The summed E-state index contributed by atoms with van der Waals surface area (Å²) in [4.78, 5) is 14.1. The predicted molar refractivity (Wildman–Crippen MR) is 81.9 cm³/mol. The molecule has 0 unspecified atom stereocenters. The number of amides is 1. The number of rotatable bonds is 9. The van der Waals surface area contributed by atoms with Crippen molar-refractivity contribution < 1.29 is 4.79 Å². The van der Waals surface area contributed by atoms with E-state index in [4.69, 9.17) is 0 Å². The number of unbranched alkanes of at least 4 members (excludes halogenated alkanes) is 1. The molecular weight excluding hydrogens is 252 g/mol. The molecule has 0 aromatic carbocycles. The van der Waals surface area contributed by atoms with Crippen LogP contribution in [0.1, 0.15) is 56.9 Å². The Morgan fingerprint density at radius 1 is 1.10 bits per heavy atom. The fourth-order valence-corrected chi connectivity index (χ4v) is 1.95. The summed E-state index contributed by atoms with van der Waals surface area (Å²) in [7, 11) is 0. The van der Waals surface area contributed by atoms with Gasteiger partial charge in [0.25, 0.3) is 5.91 Å². The summed E-state index contributed by atoms with van der Waals surface area (Å²) < 4.78 is 0. The molecular formula is C15H26N4O. The number of anilines is 1. The van der Waals surface area contributed by atoms with Crippen molar-refractivity contribution in [1.29, 1.82) is 0 Å². The molecule has 112 valence electrons. The average Bonchev–Trinajstić information content (AvgIpc) is 2.47. The minimum Gasteiger partial charge on any atom is -0.369 e. The van der Waals surface area contributed by atoms with Crippen molar-refractivity contribution in [2.24, 2.45) is 0 Å². The highest BCUT2D eigenvalue weighted by molar-refractivity contribution is 5.92. The molecule has 5 heteroatoms. The largest absolute Gasteiger partial charge is 0.369 e. The number of nitrogens with zero attached hydrogens (tertiary/aromatic N) is 3. The van der Waals surface area contributed by atoms with E-state index in [1.807, 2.05) is 11.0 Å². The molecule has 0 saturated heterocycles. The van der Waals surface area contributed by atoms with Crippen molar-refractivity contribution >= 4 is 11.7 Å². The smallest absolute Gasteiger partial charge is 0.274 e. The van der Waals surface area contributed by atoms with E-state index in [9.17, 15) is 4.79 Å². The number of carbonyl (C=O) groups excluding carboxylic acids is 1. The van der Waals surface area contributed by atoms with Crippen LogP contribution in [0.5, 0.6) is 0 Å². The van der Waals surface area contributed by atoms with Crippen molar-refractivity contribution in [1.82, 2.24) is 15.1 Å². The van der Waals surface area contributed by atoms with Gasteiger partial charge in [0.1, 0.15) is 5.82 Å². The van der Waals surface area contributed by atoms with Gasteiger partial charge in [0, 0.05) is 19.6 Å². The molecule has 1 rings (SSSR count). The molecule has 0 saturated carbocycles. The standard InChI is InChI=1S/C15H26N4O/c1-4-7-10-16-14-9-8-13(17-18-14)15(20)19(11-5-2)12-6-3/h8-9H,4-7,10-12H2,1-3H3,(H,16,18). The molecule has 0 aliphatic heterocycles. The predicted octanol–water partition coefficient (Wildman–Crippen LogP) is 2.95. The SMILES string of the molecule is CCCCNc1ccc(C(=O)N(CCC)CCC)nn1. The minimum absolute atomic E-state index is 0.0266. The van der Waals surface area contributed by atoms with Crippen molar-refractivity contribution in [3.05, 3.63) is 17.8 Å². The van der Waals surface area contributed by atoms with E-state index in [-0.39, 0.29) is 5.91 Å². The molecule has 1 aromatic rings. The zero-order valence-corrected chi connectivity index (χ0v) is 12.9. The van der Waals surface area contributed by atoms with Gasteiger partial charge in [0.2, 0.25) is 0 Å². The Labute approximate surface area is 121 Å². The maximum atomic E-state index is 12.3. The number of hydrogen-bond acceptors (Lipinski definition) is 4. The van der Waals surface area contributed by atoms with Crippen molar-refractivity contribution in [3.63, 3.8) is 0 Å². The van der Waals surface area contributed by atoms with Crippen LogP contribution in [0.2, 0.25) is 0 Å². The van der Waals surface area contributed by atoms with Crippen LogP contribution in [-0.4, -0.2) is 40.6 Å². The normalized spacial score (nSPS) is 10.3. The van der Waals surface area contributed by atoms with Crippen LogP contribution in [0.25, 0.3) is 0 Å². The summed E-state index contributed by atoms with van der Waals surface area (Å²) in [6, 6.07) is 3.58. The summed E-state index contributed by atoms with van der Waals surface area (Å²) in [6.45, 7) is 8.71. The monoisotopic (exact) mass is 278 g/mol. The quantitative estimate of drug-likeness (QED) is 0.706. The van der Waals surface area contributed by atoms with E-state index in [0.29, 0.717) is 5.69 Å². The molecule has 1 amide bonds. The van der Waals surface area contributed by atoms with Crippen LogP contribution >= 0.6 is 0 Å². The number of nitrogens with one attached hydrogen (secondary N) is 1. The summed E-state index contributed by atoms with van der Waals surface area (Å²) in [5.74, 6) is 0.703. The lowest BCUT2D eigenvalue weighted by atomic mass is 10.3. The van der Waals surface area contributed by atoms with Gasteiger partial charge < -0.3 is 10.2 Å². The van der Waals surface area contributed by atoms with E-state index in [1.54, 1.807) is 6.07 Å². The first-order valence-corrected chi connectivity index (χ1v) is 7.59. The van der Waals surface area contributed by atoms with Crippen molar-refractivity contribution in [3.8, 4) is 0 Å². The molecule has 1 heterocycles. The van der Waals surface area contributed by atoms with Crippen LogP contribution in [0.15, 0.2) is 12.1 Å². The zero-order chi connectivity index (χ0) is 14.8. The first-order valence-electron chi connectivity index (χ1n) is 7.59. The van der Waals surface area contributed by atoms with Crippen LogP contribution in [0, 0.1) is 0 Å². The average molecular weight is 278 g/mol. The zero-order valence-electron chi connectivity index (χ0n) is 12.9. The highest BCUT2D eigenvalue weighted by Crippen LogP contribution is 2.07. The first kappa shape index (κ1) is 16.4. The maximum absolute atomic E-state index is 12.3. The van der Waals surface area contributed by atoms with Gasteiger partial charge in [-0.05, 0) is 31.4 Å². The molecule has 20 heavy (non-hydrogen) atoms. The maximum Gasteiger partial charge on any atom is 0.274 e. The Bertz CT molecular complexity index is 385. The molecule has 0 aliphatic rings. The Morgan fingerprint density at radius 3 is 2.30 bits per heavy atom. The van der Waals surface area contributed by atoms with Gasteiger partial charge in [-0.2, -0.15) is 0 Å². The molecule has 0 spiro atoms. The highest BCUT2D eigenvalue weighted by atomic mass is 16.2. The van der Waals surface area contributed by atoms with Crippen LogP contribution < -0.4 is 5.32 Å². The second-order valence-electron chi connectivity index (χ2n) is 4.88. The molecule has 0 fully saturated rings. The number of hydrogen-bond donors (Lipinski definition) is 1. The molecule has 0 atom stereocenters. The third-order valence-electron chi connectivity index (χ3n) is 2.99. The third kappa shape index (κ3) is 5.15. The van der Waals surface area contributed by atoms with E-state index < -0.39 is 0 Å². The minimum atomic E-state index is -0.0266. The van der Waals surface area contributed by atoms with Crippen LogP contribution in [0.3, 0.4) is 0 Å². The molecule has 1 N–H and O–H groups in total.